The Bertz CT molecular complexity index is 1290. The van der Waals surface area contributed by atoms with Crippen molar-refractivity contribution in [2.24, 2.45) is 0 Å². The molecule has 506 valence electrons. The topological polar surface area (TPSA) is 95.9 Å². The number of unbranched alkanes of at least 4 members (excludes halogenated alkanes) is 62. The van der Waals surface area contributed by atoms with Crippen molar-refractivity contribution in [2.75, 3.05) is 13.2 Å². The summed E-state index contributed by atoms with van der Waals surface area (Å²) in [4.78, 5) is 24.6. The Labute approximate surface area is 533 Å². The Morgan fingerprint density at radius 3 is 0.835 bits per heavy atom. The Morgan fingerprint density at radius 2 is 0.553 bits per heavy atom. The molecular formula is C79H155NO5. The van der Waals surface area contributed by atoms with Crippen LogP contribution in [0.15, 0.2) is 12.2 Å². The Kier molecular flexibility index (Phi) is 73.8. The highest BCUT2D eigenvalue weighted by Crippen LogP contribution is 2.20. The van der Waals surface area contributed by atoms with E-state index in [0.29, 0.717) is 25.9 Å². The molecule has 85 heavy (non-hydrogen) atoms. The molecule has 0 spiro atoms. The molecule has 3 N–H and O–H groups in total. The summed E-state index contributed by atoms with van der Waals surface area (Å²) in [5.74, 6) is -0.0103. The van der Waals surface area contributed by atoms with E-state index >= 15 is 0 Å². The van der Waals surface area contributed by atoms with Crippen LogP contribution in [0.3, 0.4) is 0 Å². The standard InChI is InChI=1S/C79H155NO5/c1-3-5-7-9-11-13-15-17-19-20-21-34-37-40-44-47-51-55-59-63-67-71-77(82)76(75-81)80-78(83)72-68-64-60-56-52-48-45-41-38-35-32-30-28-26-24-22-23-25-27-29-31-33-36-39-42-46-50-54-58-62-66-70-74-85-79(84)73-69-65-61-57-53-49-43-18-16-14-12-10-8-6-4-2/h18,43,76-77,81-82H,3-17,19-42,44-75H2,1-2H3,(H,80,83)/b43-18-. The first kappa shape index (κ1) is 83.6. The van der Waals surface area contributed by atoms with Gasteiger partial charge in [0.1, 0.15) is 0 Å². The lowest BCUT2D eigenvalue weighted by atomic mass is 10.0. The van der Waals surface area contributed by atoms with Crippen LogP contribution in [0.5, 0.6) is 0 Å². The Balaban J connectivity index is 3.32. The highest BCUT2D eigenvalue weighted by atomic mass is 16.5. The minimum atomic E-state index is -0.662. The van der Waals surface area contributed by atoms with Gasteiger partial charge in [-0.3, -0.25) is 9.59 Å². The summed E-state index contributed by atoms with van der Waals surface area (Å²) in [5.41, 5.74) is 0. The molecular weight excluding hydrogens is 1040 g/mol. The van der Waals surface area contributed by atoms with E-state index in [1.54, 1.807) is 0 Å². The van der Waals surface area contributed by atoms with Gasteiger partial charge in [0, 0.05) is 12.8 Å². The number of amides is 1. The van der Waals surface area contributed by atoms with Crippen LogP contribution in [-0.4, -0.2) is 47.4 Å². The number of esters is 1. The smallest absolute Gasteiger partial charge is 0.305 e. The van der Waals surface area contributed by atoms with Crippen LogP contribution in [0.2, 0.25) is 0 Å². The first-order valence-corrected chi connectivity index (χ1v) is 39.4. The summed E-state index contributed by atoms with van der Waals surface area (Å²) in [5, 5.41) is 23.5. The van der Waals surface area contributed by atoms with E-state index < -0.39 is 12.1 Å². The maximum atomic E-state index is 12.6. The van der Waals surface area contributed by atoms with Crippen molar-refractivity contribution in [1.82, 2.24) is 5.32 Å². The maximum absolute atomic E-state index is 12.6. The van der Waals surface area contributed by atoms with Gasteiger partial charge in [0.15, 0.2) is 0 Å². The van der Waals surface area contributed by atoms with Gasteiger partial charge in [-0.15, -0.1) is 0 Å². The summed E-state index contributed by atoms with van der Waals surface area (Å²) in [6.07, 6.45) is 94.4. The molecule has 2 atom stereocenters. The lowest BCUT2D eigenvalue weighted by molar-refractivity contribution is -0.143. The zero-order valence-corrected chi connectivity index (χ0v) is 58.1. The average molecular weight is 1200 g/mol. The molecule has 0 aromatic rings. The van der Waals surface area contributed by atoms with Crippen molar-refractivity contribution in [3.63, 3.8) is 0 Å². The molecule has 0 aliphatic rings. The van der Waals surface area contributed by atoms with Gasteiger partial charge in [0.2, 0.25) is 5.91 Å². The SMILES string of the molecule is CCCCCCCC/C=C\CCCCCCCC(=O)OCCCCCCCCCCCCCCCCCCCCCCCCCCCCCCCCCCC(=O)NC(CO)C(O)CCCCCCCCCCCCCCCCCCCCCCC. The van der Waals surface area contributed by atoms with Gasteiger partial charge >= 0.3 is 5.97 Å². The molecule has 6 heteroatoms. The molecule has 0 aromatic carbocycles. The lowest BCUT2D eigenvalue weighted by Crippen LogP contribution is -2.45. The fourth-order valence-electron chi connectivity index (χ4n) is 12.8. The quantitative estimate of drug-likeness (QED) is 0.0320. The molecule has 0 saturated carbocycles. The first-order chi connectivity index (χ1) is 42.0. The summed E-state index contributed by atoms with van der Waals surface area (Å²) in [6, 6.07) is -0.538. The number of aliphatic hydroxyl groups excluding tert-OH is 2. The average Bonchev–Trinajstić information content (AvgIpc) is 3.51. The third-order valence-corrected chi connectivity index (χ3v) is 18.8. The lowest BCUT2D eigenvalue weighted by Gasteiger charge is -2.22. The fourth-order valence-corrected chi connectivity index (χ4v) is 12.8. The molecule has 0 rings (SSSR count). The van der Waals surface area contributed by atoms with E-state index in [0.717, 1.165) is 44.9 Å². The number of hydrogen-bond acceptors (Lipinski definition) is 5. The number of aliphatic hydroxyl groups is 2. The molecule has 0 radical (unpaired) electrons. The second-order valence-corrected chi connectivity index (χ2v) is 27.4. The predicted octanol–water partition coefficient (Wildman–Crippen LogP) is 25.9. The number of carbonyl (C=O) groups excluding carboxylic acids is 2. The van der Waals surface area contributed by atoms with Crippen LogP contribution >= 0.6 is 0 Å². The van der Waals surface area contributed by atoms with Crippen molar-refractivity contribution in [2.45, 2.75) is 469 Å². The van der Waals surface area contributed by atoms with E-state index in [1.807, 2.05) is 0 Å². The van der Waals surface area contributed by atoms with E-state index in [4.69, 9.17) is 4.74 Å². The summed E-state index contributed by atoms with van der Waals surface area (Å²) in [7, 11) is 0. The predicted molar refractivity (Wildman–Crippen MR) is 375 cm³/mol. The number of ether oxygens (including phenoxy) is 1. The van der Waals surface area contributed by atoms with Crippen molar-refractivity contribution in [3.8, 4) is 0 Å². The highest BCUT2D eigenvalue weighted by molar-refractivity contribution is 5.76. The molecule has 0 saturated heterocycles. The summed E-state index contributed by atoms with van der Waals surface area (Å²) >= 11 is 0. The van der Waals surface area contributed by atoms with Crippen molar-refractivity contribution < 1.29 is 24.5 Å². The zero-order valence-electron chi connectivity index (χ0n) is 58.1. The number of rotatable bonds is 75. The molecule has 2 unspecified atom stereocenters. The Hall–Kier alpha value is -1.40. The van der Waals surface area contributed by atoms with Crippen LogP contribution in [0.1, 0.15) is 457 Å². The third-order valence-electron chi connectivity index (χ3n) is 18.8. The second kappa shape index (κ2) is 75.1. The Morgan fingerprint density at radius 1 is 0.318 bits per heavy atom. The minimum absolute atomic E-state index is 0.0145. The largest absolute Gasteiger partial charge is 0.466 e. The van der Waals surface area contributed by atoms with Crippen molar-refractivity contribution in [3.05, 3.63) is 12.2 Å². The minimum Gasteiger partial charge on any atom is -0.466 e. The molecule has 1 amide bonds. The number of allylic oxidation sites excluding steroid dienone is 2. The van der Waals surface area contributed by atoms with Gasteiger partial charge in [-0.25, -0.2) is 0 Å². The van der Waals surface area contributed by atoms with E-state index in [9.17, 15) is 19.8 Å². The van der Waals surface area contributed by atoms with Crippen LogP contribution in [0, 0.1) is 0 Å². The van der Waals surface area contributed by atoms with Gasteiger partial charge < -0.3 is 20.3 Å². The van der Waals surface area contributed by atoms with Gasteiger partial charge in [0.25, 0.3) is 0 Å². The van der Waals surface area contributed by atoms with Gasteiger partial charge in [-0.1, -0.05) is 405 Å². The number of nitrogens with one attached hydrogen (secondary N) is 1. The van der Waals surface area contributed by atoms with E-state index in [-0.39, 0.29) is 18.5 Å². The molecule has 0 heterocycles. The zero-order chi connectivity index (χ0) is 61.3. The second-order valence-electron chi connectivity index (χ2n) is 27.4. The van der Waals surface area contributed by atoms with Crippen LogP contribution < -0.4 is 5.32 Å². The maximum Gasteiger partial charge on any atom is 0.305 e. The van der Waals surface area contributed by atoms with E-state index in [2.05, 4.69) is 31.3 Å². The van der Waals surface area contributed by atoms with Crippen LogP contribution in [-0.2, 0) is 14.3 Å². The molecule has 0 aromatic heterocycles. The van der Waals surface area contributed by atoms with Crippen LogP contribution in [0.4, 0.5) is 0 Å². The highest BCUT2D eigenvalue weighted by Gasteiger charge is 2.20. The molecule has 0 aliphatic heterocycles. The first-order valence-electron chi connectivity index (χ1n) is 39.4. The normalized spacial score (nSPS) is 12.5. The fraction of sp³-hybridized carbons (Fsp3) is 0.949. The van der Waals surface area contributed by atoms with Gasteiger partial charge in [-0.2, -0.15) is 0 Å². The van der Waals surface area contributed by atoms with Crippen molar-refractivity contribution in [1.29, 1.82) is 0 Å². The summed E-state index contributed by atoms with van der Waals surface area (Å²) in [6.45, 7) is 5.00. The number of hydrogen-bond donors (Lipinski definition) is 3. The van der Waals surface area contributed by atoms with E-state index in [1.165, 1.54) is 379 Å². The molecule has 0 fully saturated rings. The molecule has 6 nitrogen and oxygen atoms in total. The molecule has 0 bridgehead atoms. The number of carbonyl (C=O) groups is 2. The van der Waals surface area contributed by atoms with Gasteiger partial charge in [0.05, 0.1) is 25.4 Å². The third kappa shape index (κ3) is 71.6. The van der Waals surface area contributed by atoms with Crippen molar-refractivity contribution >= 4 is 11.9 Å². The monoisotopic (exact) mass is 1200 g/mol. The van der Waals surface area contributed by atoms with Crippen LogP contribution in [0.25, 0.3) is 0 Å². The summed E-state index contributed by atoms with van der Waals surface area (Å²) < 4.78 is 5.50. The molecule has 0 aliphatic carbocycles. The van der Waals surface area contributed by atoms with Gasteiger partial charge in [-0.05, 0) is 51.4 Å².